The van der Waals surface area contributed by atoms with Crippen LogP contribution in [0, 0.1) is 5.92 Å². The second-order valence-corrected chi connectivity index (χ2v) is 7.26. The molecule has 22 heavy (non-hydrogen) atoms. The van der Waals surface area contributed by atoms with Crippen molar-refractivity contribution in [2.45, 2.75) is 65.0 Å². The molecule has 0 aliphatic heterocycles. The Morgan fingerprint density at radius 3 is 2.68 bits per heavy atom. The molecule has 0 amide bonds. The maximum atomic E-state index is 12.8. The first kappa shape index (κ1) is 15.5. The standard InChI is InChI=1S/C17H24N2O2S/c1-2-3-10-18-16(20)15-14(9-11-22-15)19(17(18)21)12-13-7-5-4-6-8-13/h9,11,13H,2-8,10,12H2,1H3. The molecule has 0 unspecified atom stereocenters. The minimum Gasteiger partial charge on any atom is -0.292 e. The lowest BCUT2D eigenvalue weighted by molar-refractivity contribution is 0.315. The molecule has 2 heterocycles. The first-order valence-electron chi connectivity index (χ1n) is 8.43. The summed E-state index contributed by atoms with van der Waals surface area (Å²) in [7, 11) is 0. The largest absolute Gasteiger partial charge is 0.331 e. The first-order chi connectivity index (χ1) is 10.7. The summed E-state index contributed by atoms with van der Waals surface area (Å²) in [5.41, 5.74) is 0.608. The van der Waals surface area contributed by atoms with Crippen LogP contribution in [-0.2, 0) is 13.1 Å². The van der Waals surface area contributed by atoms with Gasteiger partial charge in [-0.2, -0.15) is 0 Å². The Hall–Kier alpha value is -1.36. The molecule has 5 heteroatoms. The summed E-state index contributed by atoms with van der Waals surface area (Å²) in [5, 5.41) is 1.92. The van der Waals surface area contributed by atoms with E-state index in [2.05, 4.69) is 6.92 Å². The molecule has 0 N–H and O–H groups in total. The van der Waals surface area contributed by atoms with Crippen molar-refractivity contribution in [1.29, 1.82) is 0 Å². The highest BCUT2D eigenvalue weighted by Gasteiger charge is 2.19. The third kappa shape index (κ3) is 2.91. The molecule has 0 spiro atoms. The second kappa shape index (κ2) is 6.82. The summed E-state index contributed by atoms with van der Waals surface area (Å²) < 4.78 is 4.04. The molecule has 120 valence electrons. The summed E-state index contributed by atoms with van der Waals surface area (Å²) in [6.45, 7) is 3.38. The molecular formula is C17H24N2O2S. The zero-order valence-corrected chi connectivity index (χ0v) is 14.0. The van der Waals surface area contributed by atoms with Gasteiger partial charge in [0.15, 0.2) is 0 Å². The number of hydrogen-bond donors (Lipinski definition) is 0. The van der Waals surface area contributed by atoms with Crippen molar-refractivity contribution in [2.75, 3.05) is 0 Å². The zero-order chi connectivity index (χ0) is 15.5. The fourth-order valence-corrected chi connectivity index (χ4v) is 4.29. The van der Waals surface area contributed by atoms with Gasteiger partial charge >= 0.3 is 5.69 Å². The molecule has 1 saturated carbocycles. The van der Waals surface area contributed by atoms with E-state index in [1.807, 2.05) is 16.0 Å². The maximum Gasteiger partial charge on any atom is 0.331 e. The monoisotopic (exact) mass is 320 g/mol. The van der Waals surface area contributed by atoms with Crippen molar-refractivity contribution in [3.8, 4) is 0 Å². The summed E-state index contributed by atoms with van der Waals surface area (Å²) in [6, 6.07) is 1.93. The SMILES string of the molecule is CCCCn1c(=O)c2sccc2n(CC2CCCCC2)c1=O. The van der Waals surface area contributed by atoms with Crippen LogP contribution in [0.25, 0.3) is 10.2 Å². The number of aromatic nitrogens is 2. The van der Waals surface area contributed by atoms with Gasteiger partial charge in [-0.1, -0.05) is 32.6 Å². The molecule has 1 aliphatic rings. The highest BCUT2D eigenvalue weighted by Crippen LogP contribution is 2.26. The summed E-state index contributed by atoms with van der Waals surface area (Å²) in [5.74, 6) is 0.576. The van der Waals surface area contributed by atoms with E-state index in [1.54, 1.807) is 0 Å². The van der Waals surface area contributed by atoms with Gasteiger partial charge in [0.05, 0.1) is 5.52 Å². The van der Waals surface area contributed by atoms with Crippen LogP contribution < -0.4 is 11.2 Å². The highest BCUT2D eigenvalue weighted by atomic mass is 32.1. The summed E-state index contributed by atoms with van der Waals surface area (Å²) >= 11 is 1.45. The topological polar surface area (TPSA) is 44.0 Å². The molecule has 0 radical (unpaired) electrons. The molecule has 4 nitrogen and oxygen atoms in total. The van der Waals surface area contributed by atoms with Crippen molar-refractivity contribution in [2.24, 2.45) is 5.92 Å². The van der Waals surface area contributed by atoms with Crippen LogP contribution >= 0.6 is 11.3 Å². The molecule has 0 aromatic carbocycles. The molecule has 1 aliphatic carbocycles. The molecule has 0 saturated heterocycles. The van der Waals surface area contributed by atoms with Gasteiger partial charge < -0.3 is 0 Å². The Morgan fingerprint density at radius 1 is 1.18 bits per heavy atom. The molecule has 3 rings (SSSR count). The summed E-state index contributed by atoms with van der Waals surface area (Å²) in [6.07, 6.45) is 8.10. The van der Waals surface area contributed by atoms with Crippen molar-refractivity contribution in [1.82, 2.24) is 9.13 Å². The van der Waals surface area contributed by atoms with Gasteiger partial charge in [0.1, 0.15) is 4.70 Å². The Kier molecular flexibility index (Phi) is 4.81. The zero-order valence-electron chi connectivity index (χ0n) is 13.2. The van der Waals surface area contributed by atoms with Crippen molar-refractivity contribution in [3.63, 3.8) is 0 Å². The van der Waals surface area contributed by atoms with Crippen LogP contribution in [0.15, 0.2) is 21.0 Å². The lowest BCUT2D eigenvalue weighted by Gasteiger charge is -2.23. The molecule has 1 fully saturated rings. The predicted octanol–water partition coefficient (Wildman–Crippen LogP) is 3.61. The van der Waals surface area contributed by atoms with E-state index in [4.69, 9.17) is 0 Å². The smallest absolute Gasteiger partial charge is 0.292 e. The quantitative estimate of drug-likeness (QED) is 0.845. The van der Waals surface area contributed by atoms with Gasteiger partial charge in [-0.05, 0) is 36.6 Å². The fourth-order valence-electron chi connectivity index (χ4n) is 3.45. The molecular weight excluding hydrogens is 296 g/mol. The van der Waals surface area contributed by atoms with E-state index >= 15 is 0 Å². The molecule has 2 aromatic rings. The number of unbranched alkanes of at least 4 members (excludes halogenated alkanes) is 1. The lowest BCUT2D eigenvalue weighted by Crippen LogP contribution is -2.40. The molecule has 2 aromatic heterocycles. The van der Waals surface area contributed by atoms with Crippen molar-refractivity contribution < 1.29 is 0 Å². The van der Waals surface area contributed by atoms with Crippen LogP contribution in [0.4, 0.5) is 0 Å². The number of nitrogens with zero attached hydrogens (tertiary/aromatic N) is 2. The normalized spacial score (nSPS) is 16.4. The number of thiophene rings is 1. The van der Waals surface area contributed by atoms with E-state index in [9.17, 15) is 9.59 Å². The van der Waals surface area contributed by atoms with E-state index in [1.165, 1.54) is 48.0 Å². The Bertz CT molecular complexity index is 750. The average Bonchev–Trinajstić information content (AvgIpc) is 3.02. The van der Waals surface area contributed by atoms with Gasteiger partial charge in [0.2, 0.25) is 0 Å². The van der Waals surface area contributed by atoms with Crippen LogP contribution in [-0.4, -0.2) is 9.13 Å². The van der Waals surface area contributed by atoms with Crippen LogP contribution in [0.1, 0.15) is 51.9 Å². The third-order valence-corrected chi connectivity index (χ3v) is 5.63. The van der Waals surface area contributed by atoms with Crippen LogP contribution in [0.2, 0.25) is 0 Å². The molecule has 0 atom stereocenters. The van der Waals surface area contributed by atoms with Gasteiger partial charge in [-0.3, -0.25) is 13.9 Å². The van der Waals surface area contributed by atoms with Gasteiger partial charge in [0.25, 0.3) is 5.56 Å². The minimum absolute atomic E-state index is 0.108. The third-order valence-electron chi connectivity index (χ3n) is 4.74. The highest BCUT2D eigenvalue weighted by molar-refractivity contribution is 7.17. The fraction of sp³-hybridized carbons (Fsp3) is 0.647. The van der Waals surface area contributed by atoms with Crippen molar-refractivity contribution in [3.05, 3.63) is 32.3 Å². The van der Waals surface area contributed by atoms with Gasteiger partial charge in [-0.25, -0.2) is 4.79 Å². The minimum atomic E-state index is -0.116. The summed E-state index contributed by atoms with van der Waals surface area (Å²) in [4.78, 5) is 25.3. The maximum absolute atomic E-state index is 12.8. The van der Waals surface area contributed by atoms with Crippen LogP contribution in [0.3, 0.4) is 0 Å². The van der Waals surface area contributed by atoms with E-state index < -0.39 is 0 Å². The Balaban J connectivity index is 2.05. The predicted molar refractivity (Wildman–Crippen MR) is 91.8 cm³/mol. The van der Waals surface area contributed by atoms with Crippen molar-refractivity contribution >= 4 is 21.6 Å². The lowest BCUT2D eigenvalue weighted by atomic mass is 9.89. The average molecular weight is 320 g/mol. The number of fused-ring (bicyclic) bond motifs is 1. The Labute approximate surface area is 134 Å². The van der Waals surface area contributed by atoms with E-state index in [0.29, 0.717) is 12.5 Å². The van der Waals surface area contributed by atoms with E-state index in [0.717, 1.165) is 29.6 Å². The van der Waals surface area contributed by atoms with E-state index in [-0.39, 0.29) is 11.2 Å². The number of hydrogen-bond acceptors (Lipinski definition) is 3. The second-order valence-electron chi connectivity index (χ2n) is 6.34. The number of rotatable bonds is 5. The Morgan fingerprint density at radius 2 is 1.95 bits per heavy atom. The molecule has 0 bridgehead atoms. The van der Waals surface area contributed by atoms with Gasteiger partial charge in [0, 0.05) is 13.1 Å². The first-order valence-corrected chi connectivity index (χ1v) is 9.31. The van der Waals surface area contributed by atoms with Gasteiger partial charge in [-0.15, -0.1) is 11.3 Å². The van der Waals surface area contributed by atoms with Crippen LogP contribution in [0.5, 0.6) is 0 Å².